The first-order valence-electron chi connectivity index (χ1n) is 7.58. The van der Waals surface area contributed by atoms with Gasteiger partial charge in [0.25, 0.3) is 0 Å². The quantitative estimate of drug-likeness (QED) is 0.402. The van der Waals surface area contributed by atoms with Crippen molar-refractivity contribution in [2.45, 2.75) is 27.1 Å². The highest BCUT2D eigenvalue weighted by Gasteiger charge is 2.27. The summed E-state index contributed by atoms with van der Waals surface area (Å²) in [5.74, 6) is 11.3. The lowest BCUT2D eigenvalue weighted by Gasteiger charge is -2.33. The molecule has 0 aromatic heterocycles. The minimum Gasteiger partial charge on any atom is -0.350 e. The van der Waals surface area contributed by atoms with Crippen LogP contribution in [0.1, 0.15) is 25.0 Å². The molecule has 23 heavy (non-hydrogen) atoms. The first kappa shape index (κ1) is 17.2. The van der Waals surface area contributed by atoms with Gasteiger partial charge in [-0.1, -0.05) is 37.5 Å². The first-order chi connectivity index (χ1) is 11.0. The standard InChI is InChI=1S/C18H23N3O2/c1-14-4-6-15(7-5-14)8-9-16(21-19)10-20-11-17-22-12-18(2,3)13-23-17/h4-7,10,17H,11-13,19H2,1-3H3/b20-10?,21-16-. The van der Waals surface area contributed by atoms with Gasteiger partial charge in [0.05, 0.1) is 26.0 Å². The third-order valence-electron chi connectivity index (χ3n) is 3.31. The summed E-state index contributed by atoms with van der Waals surface area (Å²) in [7, 11) is 0. The zero-order chi connectivity index (χ0) is 16.7. The Balaban J connectivity index is 1.87. The van der Waals surface area contributed by atoms with Gasteiger partial charge in [0, 0.05) is 11.0 Å². The van der Waals surface area contributed by atoms with Gasteiger partial charge in [0.2, 0.25) is 0 Å². The van der Waals surface area contributed by atoms with Crippen molar-refractivity contribution in [3.63, 3.8) is 0 Å². The van der Waals surface area contributed by atoms with Crippen molar-refractivity contribution in [3.05, 3.63) is 35.4 Å². The minimum atomic E-state index is -0.316. The van der Waals surface area contributed by atoms with Gasteiger partial charge in [-0.2, -0.15) is 5.10 Å². The molecule has 122 valence electrons. The van der Waals surface area contributed by atoms with Gasteiger partial charge in [0.15, 0.2) is 12.0 Å². The number of hydrogen-bond donors (Lipinski definition) is 1. The summed E-state index contributed by atoms with van der Waals surface area (Å²) in [5, 5.41) is 3.64. The Morgan fingerprint density at radius 2 is 1.96 bits per heavy atom. The Kier molecular flexibility index (Phi) is 5.91. The average Bonchev–Trinajstić information content (AvgIpc) is 2.53. The third-order valence-corrected chi connectivity index (χ3v) is 3.31. The van der Waals surface area contributed by atoms with Crippen LogP contribution < -0.4 is 5.84 Å². The molecule has 5 nitrogen and oxygen atoms in total. The fourth-order valence-corrected chi connectivity index (χ4v) is 1.93. The van der Waals surface area contributed by atoms with Crippen LogP contribution in [0.3, 0.4) is 0 Å². The van der Waals surface area contributed by atoms with Gasteiger partial charge in [-0.05, 0) is 25.0 Å². The lowest BCUT2D eigenvalue weighted by atomic mass is 9.96. The van der Waals surface area contributed by atoms with E-state index >= 15 is 0 Å². The maximum atomic E-state index is 5.61. The van der Waals surface area contributed by atoms with Crippen LogP contribution in [0.4, 0.5) is 0 Å². The molecule has 0 amide bonds. The highest BCUT2D eigenvalue weighted by atomic mass is 16.7. The summed E-state index contributed by atoms with van der Waals surface area (Å²) in [6.07, 6.45) is 1.23. The van der Waals surface area contributed by atoms with Crippen LogP contribution in [-0.2, 0) is 9.47 Å². The van der Waals surface area contributed by atoms with E-state index in [2.05, 4.69) is 35.8 Å². The molecule has 1 aliphatic heterocycles. The third kappa shape index (κ3) is 5.85. The summed E-state index contributed by atoms with van der Waals surface area (Å²) in [6, 6.07) is 7.94. The monoisotopic (exact) mass is 313 g/mol. The van der Waals surface area contributed by atoms with Crippen LogP contribution in [-0.4, -0.2) is 38.0 Å². The number of nitrogens with zero attached hydrogens (tertiary/aromatic N) is 2. The van der Waals surface area contributed by atoms with Crippen LogP contribution >= 0.6 is 0 Å². The molecule has 1 heterocycles. The second-order valence-electron chi connectivity index (χ2n) is 6.34. The van der Waals surface area contributed by atoms with Crippen molar-refractivity contribution in [1.82, 2.24) is 0 Å². The molecule has 0 atom stereocenters. The second-order valence-corrected chi connectivity index (χ2v) is 6.34. The van der Waals surface area contributed by atoms with Crippen LogP contribution in [0.5, 0.6) is 0 Å². The molecule has 2 rings (SSSR count). The van der Waals surface area contributed by atoms with Crippen molar-refractivity contribution < 1.29 is 9.47 Å². The highest BCUT2D eigenvalue weighted by molar-refractivity contribution is 6.38. The largest absolute Gasteiger partial charge is 0.350 e. The van der Waals surface area contributed by atoms with E-state index < -0.39 is 0 Å². The molecule has 1 aromatic carbocycles. The molecule has 0 spiro atoms. The van der Waals surface area contributed by atoms with Crippen LogP contribution in [0, 0.1) is 24.2 Å². The van der Waals surface area contributed by atoms with Crippen molar-refractivity contribution in [2.75, 3.05) is 19.8 Å². The van der Waals surface area contributed by atoms with E-state index in [9.17, 15) is 0 Å². The number of aliphatic imine (C=N–C) groups is 1. The maximum absolute atomic E-state index is 5.61. The maximum Gasteiger partial charge on any atom is 0.176 e. The Hall–Kier alpha value is -2.16. The SMILES string of the molecule is Cc1ccc(C#C/C(C=NCC2OCC(C)(C)CO2)=N/N)cc1. The number of rotatable bonds is 3. The zero-order valence-corrected chi connectivity index (χ0v) is 13.9. The fourth-order valence-electron chi connectivity index (χ4n) is 1.93. The predicted octanol–water partition coefficient (Wildman–Crippen LogP) is 2.13. The first-order valence-corrected chi connectivity index (χ1v) is 7.58. The van der Waals surface area contributed by atoms with Crippen molar-refractivity contribution in [1.29, 1.82) is 0 Å². The highest BCUT2D eigenvalue weighted by Crippen LogP contribution is 2.22. The van der Waals surface area contributed by atoms with E-state index in [4.69, 9.17) is 15.3 Å². The van der Waals surface area contributed by atoms with Crippen LogP contribution in [0.15, 0.2) is 34.4 Å². The van der Waals surface area contributed by atoms with E-state index in [0.717, 1.165) is 5.56 Å². The molecule has 0 aliphatic carbocycles. The summed E-state index contributed by atoms with van der Waals surface area (Å²) in [5.41, 5.74) is 2.58. The number of hydrogen-bond acceptors (Lipinski definition) is 5. The Morgan fingerprint density at radius 1 is 1.30 bits per heavy atom. The molecule has 5 heteroatoms. The number of ether oxygens (including phenoxy) is 2. The van der Waals surface area contributed by atoms with Crippen molar-refractivity contribution in [2.24, 2.45) is 21.4 Å². The van der Waals surface area contributed by atoms with E-state index in [1.54, 1.807) is 6.21 Å². The molecule has 1 fully saturated rings. The van der Waals surface area contributed by atoms with E-state index in [1.165, 1.54) is 5.56 Å². The van der Waals surface area contributed by atoms with Crippen LogP contribution in [0.2, 0.25) is 0 Å². The number of aryl methyl sites for hydroxylation is 1. The van der Waals surface area contributed by atoms with Gasteiger partial charge < -0.3 is 15.3 Å². The van der Waals surface area contributed by atoms with Gasteiger partial charge in [0.1, 0.15) is 0 Å². The molecule has 1 aromatic rings. The predicted molar refractivity (Wildman–Crippen MR) is 92.5 cm³/mol. The van der Waals surface area contributed by atoms with Crippen molar-refractivity contribution >= 4 is 11.9 Å². The number of hydrazone groups is 1. The average molecular weight is 313 g/mol. The smallest absolute Gasteiger partial charge is 0.176 e. The molecular weight excluding hydrogens is 290 g/mol. The molecule has 0 saturated carbocycles. The Morgan fingerprint density at radius 3 is 2.57 bits per heavy atom. The second kappa shape index (κ2) is 7.91. The molecule has 1 saturated heterocycles. The van der Waals surface area contributed by atoms with Gasteiger partial charge in [-0.3, -0.25) is 4.99 Å². The zero-order valence-electron chi connectivity index (χ0n) is 13.9. The van der Waals surface area contributed by atoms with Gasteiger partial charge in [-0.15, -0.1) is 0 Å². The number of benzene rings is 1. The lowest BCUT2D eigenvalue weighted by molar-refractivity contribution is -0.215. The van der Waals surface area contributed by atoms with E-state index in [1.807, 2.05) is 31.2 Å². The van der Waals surface area contributed by atoms with Crippen molar-refractivity contribution in [3.8, 4) is 11.8 Å². The van der Waals surface area contributed by atoms with Gasteiger partial charge >= 0.3 is 0 Å². The molecule has 1 aliphatic rings. The Labute approximate surface area is 137 Å². The summed E-state index contributed by atoms with van der Waals surface area (Å²) in [6.45, 7) is 7.98. The lowest BCUT2D eigenvalue weighted by Crippen LogP contribution is -2.39. The Bertz CT molecular complexity index is 626. The summed E-state index contributed by atoms with van der Waals surface area (Å²) < 4.78 is 11.2. The fraction of sp³-hybridized carbons (Fsp3) is 0.444. The molecular formula is C18H23N3O2. The summed E-state index contributed by atoms with van der Waals surface area (Å²) in [4.78, 5) is 4.25. The van der Waals surface area contributed by atoms with E-state index in [0.29, 0.717) is 25.5 Å². The molecule has 0 bridgehead atoms. The normalized spacial score (nSPS) is 18.7. The van der Waals surface area contributed by atoms with Crippen LogP contribution in [0.25, 0.3) is 0 Å². The van der Waals surface area contributed by atoms with E-state index in [-0.39, 0.29) is 11.7 Å². The topological polar surface area (TPSA) is 69.2 Å². The van der Waals surface area contributed by atoms with Gasteiger partial charge in [-0.25, -0.2) is 0 Å². The molecule has 2 N–H and O–H groups in total. The summed E-state index contributed by atoms with van der Waals surface area (Å²) >= 11 is 0. The molecule has 0 unspecified atom stereocenters. The number of nitrogens with two attached hydrogens (primary N) is 1. The minimum absolute atomic E-state index is 0.0591. The molecule has 0 radical (unpaired) electrons.